The van der Waals surface area contributed by atoms with Gasteiger partial charge in [-0.1, -0.05) is 17.7 Å². The highest BCUT2D eigenvalue weighted by Crippen LogP contribution is 2.28. The molecule has 20 heavy (non-hydrogen) atoms. The molecule has 0 aromatic heterocycles. The summed E-state index contributed by atoms with van der Waals surface area (Å²) in [5.74, 6) is 0.726. The molecule has 0 atom stereocenters. The molecule has 2 N–H and O–H groups in total. The van der Waals surface area contributed by atoms with Crippen LogP contribution in [-0.2, 0) is 4.74 Å². The molecule has 0 unspecified atom stereocenters. The summed E-state index contributed by atoms with van der Waals surface area (Å²) < 4.78 is 10.7. The SMILES string of the molecule is CCOC(=O)c1ccc(N)c(Oc2ccc(C)cc2)c1. The first kappa shape index (κ1) is 13.9. The molecule has 0 aliphatic rings. The zero-order valence-electron chi connectivity index (χ0n) is 11.6. The molecule has 0 aliphatic carbocycles. The number of benzene rings is 2. The van der Waals surface area contributed by atoms with Gasteiger partial charge in [-0.05, 0) is 44.2 Å². The van der Waals surface area contributed by atoms with E-state index in [0.29, 0.717) is 29.4 Å². The number of rotatable bonds is 4. The van der Waals surface area contributed by atoms with Gasteiger partial charge in [0, 0.05) is 0 Å². The summed E-state index contributed by atoms with van der Waals surface area (Å²) in [4.78, 5) is 11.7. The predicted octanol–water partition coefficient (Wildman–Crippen LogP) is 3.55. The van der Waals surface area contributed by atoms with Crippen LogP contribution in [0.25, 0.3) is 0 Å². The van der Waals surface area contributed by atoms with E-state index >= 15 is 0 Å². The van der Waals surface area contributed by atoms with Crippen LogP contribution in [0, 0.1) is 6.92 Å². The minimum atomic E-state index is -0.388. The number of nitrogens with two attached hydrogens (primary N) is 1. The Morgan fingerprint density at radius 2 is 1.85 bits per heavy atom. The summed E-state index contributed by atoms with van der Waals surface area (Å²) in [7, 11) is 0. The fraction of sp³-hybridized carbons (Fsp3) is 0.188. The van der Waals surface area contributed by atoms with Crippen molar-refractivity contribution in [1.29, 1.82) is 0 Å². The van der Waals surface area contributed by atoms with Crippen LogP contribution < -0.4 is 10.5 Å². The van der Waals surface area contributed by atoms with Crippen LogP contribution in [0.1, 0.15) is 22.8 Å². The number of aryl methyl sites for hydroxylation is 1. The molecule has 4 nitrogen and oxygen atoms in total. The highest BCUT2D eigenvalue weighted by molar-refractivity contribution is 5.90. The maximum absolute atomic E-state index is 11.7. The Hall–Kier alpha value is -2.49. The monoisotopic (exact) mass is 271 g/mol. The molecular formula is C16H17NO3. The Morgan fingerprint density at radius 1 is 1.15 bits per heavy atom. The second-order valence-electron chi connectivity index (χ2n) is 4.39. The Balaban J connectivity index is 2.24. The lowest BCUT2D eigenvalue weighted by Crippen LogP contribution is -2.05. The maximum Gasteiger partial charge on any atom is 0.338 e. The Labute approximate surface area is 118 Å². The van der Waals surface area contributed by atoms with Crippen LogP contribution in [-0.4, -0.2) is 12.6 Å². The highest BCUT2D eigenvalue weighted by atomic mass is 16.5. The van der Waals surface area contributed by atoms with Crippen molar-refractivity contribution in [2.24, 2.45) is 0 Å². The van der Waals surface area contributed by atoms with Crippen molar-refractivity contribution < 1.29 is 14.3 Å². The largest absolute Gasteiger partial charge is 0.462 e. The minimum Gasteiger partial charge on any atom is -0.462 e. The molecule has 0 heterocycles. The second-order valence-corrected chi connectivity index (χ2v) is 4.39. The van der Waals surface area contributed by atoms with Crippen molar-refractivity contribution in [1.82, 2.24) is 0 Å². The van der Waals surface area contributed by atoms with Gasteiger partial charge in [0.15, 0.2) is 5.75 Å². The van der Waals surface area contributed by atoms with E-state index in [1.54, 1.807) is 25.1 Å². The summed E-state index contributed by atoms with van der Waals surface area (Å²) in [6.07, 6.45) is 0. The Bertz CT molecular complexity index is 606. The van der Waals surface area contributed by atoms with Crippen molar-refractivity contribution in [3.8, 4) is 11.5 Å². The molecule has 0 spiro atoms. The van der Waals surface area contributed by atoms with Gasteiger partial charge in [-0.3, -0.25) is 0 Å². The Kier molecular flexibility index (Phi) is 4.25. The second kappa shape index (κ2) is 6.10. The van der Waals surface area contributed by atoms with E-state index in [9.17, 15) is 4.79 Å². The molecule has 4 heteroatoms. The van der Waals surface area contributed by atoms with Crippen LogP contribution in [0.3, 0.4) is 0 Å². The third-order valence-corrected chi connectivity index (χ3v) is 2.77. The van der Waals surface area contributed by atoms with Crippen LogP contribution >= 0.6 is 0 Å². The average molecular weight is 271 g/mol. The fourth-order valence-corrected chi connectivity index (χ4v) is 1.70. The van der Waals surface area contributed by atoms with Crippen LogP contribution in [0.2, 0.25) is 0 Å². The molecule has 2 rings (SSSR count). The number of hydrogen-bond donors (Lipinski definition) is 1. The summed E-state index contributed by atoms with van der Waals surface area (Å²) >= 11 is 0. The van der Waals surface area contributed by atoms with Crippen molar-refractivity contribution in [3.63, 3.8) is 0 Å². The number of anilines is 1. The number of carbonyl (C=O) groups excluding carboxylic acids is 1. The van der Waals surface area contributed by atoms with E-state index in [0.717, 1.165) is 5.56 Å². The number of ether oxygens (including phenoxy) is 2. The zero-order valence-corrected chi connectivity index (χ0v) is 11.6. The molecule has 0 radical (unpaired) electrons. The molecular weight excluding hydrogens is 254 g/mol. The lowest BCUT2D eigenvalue weighted by Gasteiger charge is -2.10. The summed E-state index contributed by atoms with van der Waals surface area (Å²) in [6.45, 7) is 4.09. The van der Waals surface area contributed by atoms with E-state index in [2.05, 4.69) is 0 Å². The number of hydrogen-bond acceptors (Lipinski definition) is 4. The number of carbonyl (C=O) groups is 1. The molecule has 0 saturated heterocycles. The van der Waals surface area contributed by atoms with Gasteiger partial charge in [0.2, 0.25) is 0 Å². The first-order valence-electron chi connectivity index (χ1n) is 6.41. The molecule has 0 fully saturated rings. The lowest BCUT2D eigenvalue weighted by molar-refractivity contribution is 0.0526. The standard InChI is InChI=1S/C16H17NO3/c1-3-19-16(18)12-6-9-14(17)15(10-12)20-13-7-4-11(2)5-8-13/h4-10H,3,17H2,1-2H3. The first-order chi connectivity index (χ1) is 9.60. The van der Waals surface area contributed by atoms with Crippen molar-refractivity contribution in [2.45, 2.75) is 13.8 Å². The summed E-state index contributed by atoms with van der Waals surface area (Å²) in [5, 5.41) is 0. The van der Waals surface area contributed by atoms with Crippen molar-refractivity contribution >= 4 is 11.7 Å². The highest BCUT2D eigenvalue weighted by Gasteiger charge is 2.10. The smallest absolute Gasteiger partial charge is 0.338 e. The lowest BCUT2D eigenvalue weighted by atomic mass is 10.2. The average Bonchev–Trinajstić information content (AvgIpc) is 2.44. The van der Waals surface area contributed by atoms with Crippen molar-refractivity contribution in [2.75, 3.05) is 12.3 Å². The number of esters is 1. The van der Waals surface area contributed by atoms with Gasteiger partial charge in [-0.15, -0.1) is 0 Å². The van der Waals surface area contributed by atoms with Gasteiger partial charge in [-0.2, -0.15) is 0 Å². The maximum atomic E-state index is 11.7. The minimum absolute atomic E-state index is 0.331. The van der Waals surface area contributed by atoms with E-state index in [-0.39, 0.29) is 5.97 Å². The zero-order chi connectivity index (χ0) is 14.5. The molecule has 104 valence electrons. The molecule has 0 bridgehead atoms. The van der Waals surface area contributed by atoms with Crippen LogP contribution in [0.15, 0.2) is 42.5 Å². The van der Waals surface area contributed by atoms with Gasteiger partial charge in [-0.25, -0.2) is 4.79 Å². The van der Waals surface area contributed by atoms with E-state index < -0.39 is 0 Å². The van der Waals surface area contributed by atoms with Crippen molar-refractivity contribution in [3.05, 3.63) is 53.6 Å². The fourth-order valence-electron chi connectivity index (χ4n) is 1.70. The van der Waals surface area contributed by atoms with Crippen LogP contribution in [0.4, 0.5) is 5.69 Å². The molecule has 0 saturated carbocycles. The first-order valence-corrected chi connectivity index (χ1v) is 6.41. The van der Waals surface area contributed by atoms with E-state index in [1.165, 1.54) is 0 Å². The quantitative estimate of drug-likeness (QED) is 0.682. The third kappa shape index (κ3) is 3.29. The third-order valence-electron chi connectivity index (χ3n) is 2.77. The summed E-state index contributed by atoms with van der Waals surface area (Å²) in [6, 6.07) is 12.4. The van der Waals surface area contributed by atoms with Gasteiger partial charge >= 0.3 is 5.97 Å². The Morgan fingerprint density at radius 3 is 2.50 bits per heavy atom. The van der Waals surface area contributed by atoms with Crippen LogP contribution in [0.5, 0.6) is 11.5 Å². The molecule has 2 aromatic rings. The topological polar surface area (TPSA) is 61.5 Å². The molecule has 0 aliphatic heterocycles. The van der Waals surface area contributed by atoms with Gasteiger partial charge in [0.05, 0.1) is 17.9 Å². The van der Waals surface area contributed by atoms with Gasteiger partial charge in [0.25, 0.3) is 0 Å². The predicted molar refractivity (Wildman–Crippen MR) is 78.1 cm³/mol. The normalized spacial score (nSPS) is 10.1. The number of nitrogen functional groups attached to an aromatic ring is 1. The summed E-state index contributed by atoms with van der Waals surface area (Å²) in [5.41, 5.74) is 7.90. The van der Waals surface area contributed by atoms with E-state index in [4.69, 9.17) is 15.2 Å². The molecule has 2 aromatic carbocycles. The van der Waals surface area contributed by atoms with E-state index in [1.807, 2.05) is 31.2 Å². The van der Waals surface area contributed by atoms with Gasteiger partial charge < -0.3 is 15.2 Å². The van der Waals surface area contributed by atoms with Gasteiger partial charge in [0.1, 0.15) is 5.75 Å². The molecule has 0 amide bonds.